The number of amides is 1. The topological polar surface area (TPSA) is 87.6 Å². The van der Waals surface area contributed by atoms with Crippen molar-refractivity contribution in [3.63, 3.8) is 0 Å². The summed E-state index contributed by atoms with van der Waals surface area (Å²) < 4.78 is 1.56. The maximum absolute atomic E-state index is 12.5. The Bertz CT molecular complexity index is 555. The van der Waals surface area contributed by atoms with E-state index in [9.17, 15) is 9.90 Å². The minimum Gasteiger partial charge on any atom is -0.396 e. The Balaban J connectivity index is 1.59. The number of aliphatic hydroxyl groups is 1. The number of nitrogens with two attached hydrogens (primary N) is 1. The van der Waals surface area contributed by atoms with E-state index in [-0.39, 0.29) is 25.1 Å². The zero-order valence-electron chi connectivity index (χ0n) is 13.8. The lowest BCUT2D eigenvalue weighted by atomic mass is 10.1. The fourth-order valence-corrected chi connectivity index (χ4v) is 3.34. The highest BCUT2D eigenvalue weighted by molar-refractivity contribution is 5.76. The van der Waals surface area contributed by atoms with Crippen molar-refractivity contribution in [2.24, 2.45) is 5.92 Å². The average Bonchev–Trinajstić information content (AvgIpc) is 3.26. The van der Waals surface area contributed by atoms with Crippen molar-refractivity contribution in [1.82, 2.24) is 19.6 Å². The van der Waals surface area contributed by atoms with E-state index >= 15 is 0 Å². The molecule has 128 valence electrons. The maximum Gasteiger partial charge on any atom is 0.244 e. The highest BCUT2D eigenvalue weighted by Gasteiger charge is 2.33. The number of aromatic nitrogens is 2. The van der Waals surface area contributed by atoms with Crippen molar-refractivity contribution in [2.75, 3.05) is 38.5 Å². The van der Waals surface area contributed by atoms with Crippen molar-refractivity contribution in [3.05, 3.63) is 11.8 Å². The summed E-state index contributed by atoms with van der Waals surface area (Å²) >= 11 is 0. The molecule has 1 aliphatic heterocycles. The van der Waals surface area contributed by atoms with Gasteiger partial charge in [-0.3, -0.25) is 9.69 Å². The fourth-order valence-electron chi connectivity index (χ4n) is 3.34. The molecule has 1 amide bonds. The van der Waals surface area contributed by atoms with Gasteiger partial charge in [0.15, 0.2) is 0 Å². The van der Waals surface area contributed by atoms with Crippen LogP contribution in [-0.4, -0.2) is 69.4 Å². The lowest BCUT2D eigenvalue weighted by molar-refractivity contribution is -0.135. The zero-order chi connectivity index (χ0) is 16.4. The van der Waals surface area contributed by atoms with Crippen LogP contribution < -0.4 is 5.73 Å². The van der Waals surface area contributed by atoms with Crippen LogP contribution in [0.5, 0.6) is 0 Å². The molecular formula is C16H27N5O2. The molecular weight excluding hydrogens is 294 g/mol. The summed E-state index contributed by atoms with van der Waals surface area (Å²) in [5, 5.41) is 13.6. The van der Waals surface area contributed by atoms with Gasteiger partial charge in [-0.1, -0.05) is 0 Å². The number of piperazine rings is 1. The number of aryl methyl sites for hydroxylation is 1. The van der Waals surface area contributed by atoms with Crippen molar-refractivity contribution >= 4 is 11.7 Å². The van der Waals surface area contributed by atoms with Gasteiger partial charge in [-0.25, -0.2) is 4.68 Å². The molecule has 7 heteroatoms. The average molecular weight is 321 g/mol. The number of hydrogen-bond donors (Lipinski definition) is 2. The first-order valence-electron chi connectivity index (χ1n) is 8.49. The summed E-state index contributed by atoms with van der Waals surface area (Å²) in [4.78, 5) is 16.9. The van der Waals surface area contributed by atoms with Crippen LogP contribution in [0.4, 0.5) is 5.82 Å². The second-order valence-corrected chi connectivity index (χ2v) is 6.81. The largest absolute Gasteiger partial charge is 0.396 e. The number of nitrogen functional groups attached to an aromatic ring is 1. The van der Waals surface area contributed by atoms with E-state index in [1.807, 2.05) is 11.8 Å². The first-order valence-corrected chi connectivity index (χ1v) is 8.49. The summed E-state index contributed by atoms with van der Waals surface area (Å²) in [6.07, 6.45) is 3.37. The molecule has 1 aliphatic carbocycles. The van der Waals surface area contributed by atoms with E-state index in [4.69, 9.17) is 5.73 Å². The number of anilines is 1. The monoisotopic (exact) mass is 321 g/mol. The molecule has 1 atom stereocenters. The smallest absolute Gasteiger partial charge is 0.244 e. The Morgan fingerprint density at radius 2 is 2.22 bits per heavy atom. The quantitative estimate of drug-likeness (QED) is 0.775. The second kappa shape index (κ2) is 6.88. The number of rotatable bonds is 6. The molecule has 0 spiro atoms. The molecule has 0 radical (unpaired) electrons. The molecule has 1 aromatic rings. The summed E-state index contributed by atoms with van der Waals surface area (Å²) in [5.41, 5.74) is 6.69. The van der Waals surface area contributed by atoms with Crippen molar-refractivity contribution in [3.8, 4) is 0 Å². The molecule has 2 fully saturated rings. The lowest BCUT2D eigenvalue weighted by Gasteiger charge is -2.41. The van der Waals surface area contributed by atoms with Gasteiger partial charge in [0.2, 0.25) is 5.91 Å². The maximum atomic E-state index is 12.5. The highest BCUT2D eigenvalue weighted by Crippen LogP contribution is 2.31. The molecule has 2 heterocycles. The minimum absolute atomic E-state index is 0.0498. The number of aliphatic hydroxyl groups excluding tert-OH is 1. The van der Waals surface area contributed by atoms with E-state index in [1.54, 1.807) is 10.7 Å². The Hall–Kier alpha value is -1.60. The lowest BCUT2D eigenvalue weighted by Crippen LogP contribution is -2.56. The molecule has 2 aliphatic rings. The Kier molecular flexibility index (Phi) is 4.87. The van der Waals surface area contributed by atoms with Gasteiger partial charge in [0.1, 0.15) is 12.4 Å². The number of carbonyl (C=O) groups is 1. The minimum atomic E-state index is 0.0498. The molecule has 7 nitrogen and oxygen atoms in total. The SMILES string of the molecule is Cc1cc(N)n(CC(=O)N2CCN(CC3CC3)C(CCO)C2)n1. The van der Waals surface area contributed by atoms with Crippen LogP contribution in [0, 0.1) is 12.8 Å². The van der Waals surface area contributed by atoms with Crippen molar-refractivity contribution in [2.45, 2.75) is 38.8 Å². The first kappa shape index (κ1) is 16.3. The van der Waals surface area contributed by atoms with Crippen LogP contribution in [0.25, 0.3) is 0 Å². The molecule has 1 unspecified atom stereocenters. The Morgan fingerprint density at radius 1 is 1.43 bits per heavy atom. The fraction of sp³-hybridized carbons (Fsp3) is 0.750. The van der Waals surface area contributed by atoms with Gasteiger partial charge in [0.05, 0.1) is 5.69 Å². The van der Waals surface area contributed by atoms with Gasteiger partial charge in [0, 0.05) is 44.9 Å². The van der Waals surface area contributed by atoms with Crippen LogP contribution in [0.15, 0.2) is 6.07 Å². The first-order chi connectivity index (χ1) is 11.1. The predicted octanol–water partition coefficient (Wildman–Crippen LogP) is 0.0789. The van der Waals surface area contributed by atoms with Gasteiger partial charge in [-0.15, -0.1) is 0 Å². The van der Waals surface area contributed by atoms with Gasteiger partial charge in [-0.05, 0) is 32.1 Å². The molecule has 3 N–H and O–H groups in total. The normalized spacial score (nSPS) is 22.5. The van der Waals surface area contributed by atoms with Gasteiger partial charge in [-0.2, -0.15) is 5.10 Å². The molecule has 23 heavy (non-hydrogen) atoms. The molecule has 1 saturated carbocycles. The zero-order valence-corrected chi connectivity index (χ0v) is 13.8. The summed E-state index contributed by atoms with van der Waals surface area (Å²) in [6, 6.07) is 2.03. The molecule has 0 aromatic carbocycles. The van der Waals surface area contributed by atoms with Crippen LogP contribution in [0.2, 0.25) is 0 Å². The summed E-state index contributed by atoms with van der Waals surface area (Å²) in [6.45, 7) is 5.65. The van der Waals surface area contributed by atoms with Crippen LogP contribution in [0.3, 0.4) is 0 Å². The third kappa shape index (κ3) is 4.03. The highest BCUT2D eigenvalue weighted by atomic mass is 16.3. The Morgan fingerprint density at radius 3 is 2.83 bits per heavy atom. The van der Waals surface area contributed by atoms with Crippen LogP contribution >= 0.6 is 0 Å². The number of hydrogen-bond acceptors (Lipinski definition) is 5. The molecule has 1 saturated heterocycles. The van der Waals surface area contributed by atoms with Gasteiger partial charge >= 0.3 is 0 Å². The van der Waals surface area contributed by atoms with Gasteiger partial charge in [0.25, 0.3) is 0 Å². The molecule has 3 rings (SSSR count). The van der Waals surface area contributed by atoms with Crippen LogP contribution in [0.1, 0.15) is 25.0 Å². The van der Waals surface area contributed by atoms with E-state index < -0.39 is 0 Å². The van der Waals surface area contributed by atoms with E-state index in [0.29, 0.717) is 12.4 Å². The van der Waals surface area contributed by atoms with E-state index in [0.717, 1.165) is 37.7 Å². The van der Waals surface area contributed by atoms with Crippen LogP contribution in [-0.2, 0) is 11.3 Å². The standard InChI is InChI=1S/C16H27N5O2/c1-12-8-15(17)21(18-12)11-16(23)20-6-5-19(9-13-2-3-13)14(10-20)4-7-22/h8,13-14,22H,2-7,9-11,17H2,1H3. The van der Waals surface area contributed by atoms with Crippen molar-refractivity contribution < 1.29 is 9.90 Å². The number of nitrogens with zero attached hydrogens (tertiary/aromatic N) is 4. The third-order valence-electron chi connectivity index (χ3n) is 4.83. The summed E-state index contributed by atoms with van der Waals surface area (Å²) in [7, 11) is 0. The third-order valence-corrected chi connectivity index (χ3v) is 4.83. The van der Waals surface area contributed by atoms with Gasteiger partial charge < -0.3 is 15.7 Å². The second-order valence-electron chi connectivity index (χ2n) is 6.81. The Labute approximate surface area is 137 Å². The van der Waals surface area contributed by atoms with Crippen molar-refractivity contribution in [1.29, 1.82) is 0 Å². The van der Waals surface area contributed by atoms with E-state index in [1.165, 1.54) is 12.8 Å². The predicted molar refractivity (Wildman–Crippen MR) is 87.7 cm³/mol. The van der Waals surface area contributed by atoms with E-state index in [2.05, 4.69) is 10.00 Å². The molecule has 1 aromatic heterocycles. The molecule has 0 bridgehead atoms. The summed E-state index contributed by atoms with van der Waals surface area (Å²) in [5.74, 6) is 1.40. The number of carbonyl (C=O) groups excluding carboxylic acids is 1.